The molecule has 0 saturated heterocycles. The van der Waals surface area contributed by atoms with E-state index in [4.69, 9.17) is 5.21 Å². The van der Waals surface area contributed by atoms with Crippen LogP contribution in [0.25, 0.3) is 10.2 Å². The number of hydroxylamine groups is 2. The minimum absolute atomic E-state index is 0.379. The van der Waals surface area contributed by atoms with Crippen molar-refractivity contribution in [2.45, 2.75) is 4.34 Å². The highest BCUT2D eigenvalue weighted by Crippen LogP contribution is 2.28. The number of thiazole rings is 1. The van der Waals surface area contributed by atoms with E-state index in [1.54, 1.807) is 11.3 Å². The molecule has 0 atom stereocenters. The molecule has 1 aromatic carbocycles. The molecule has 1 heterocycles. The molecule has 0 fully saturated rings. The number of fused-ring (bicyclic) bond motifs is 1. The molecule has 2 rings (SSSR count). The molecule has 0 bridgehead atoms. The first-order valence-corrected chi connectivity index (χ1v) is 6.66. The zero-order chi connectivity index (χ0) is 12.3. The quantitative estimate of drug-likeness (QED) is 0.388. The van der Waals surface area contributed by atoms with E-state index in [-0.39, 0.29) is 0 Å². The molecule has 2 aromatic rings. The second-order valence-corrected chi connectivity index (χ2v) is 5.49. The topological polar surface area (TPSA) is 65.5 Å². The number of aromatic nitrogens is 1. The van der Waals surface area contributed by atoms with Crippen LogP contribution in [0.3, 0.4) is 0 Å². The normalized spacial score (nSPS) is 10.5. The zero-order valence-corrected chi connectivity index (χ0v) is 10.7. The fourth-order valence-electron chi connectivity index (χ4n) is 1.19. The van der Waals surface area contributed by atoms with E-state index in [1.165, 1.54) is 18.8 Å². The van der Waals surface area contributed by atoms with Crippen LogP contribution in [0.2, 0.25) is 0 Å². The first kappa shape index (κ1) is 12.2. The summed E-state index contributed by atoms with van der Waals surface area (Å²) in [5.41, 5.74) is 0.964. The van der Waals surface area contributed by atoms with E-state index < -0.39 is 6.03 Å². The summed E-state index contributed by atoms with van der Waals surface area (Å²) in [5, 5.41) is 11.9. The number of hydrogen-bond donors (Lipinski definition) is 2. The maximum absolute atomic E-state index is 11.0. The maximum Gasteiger partial charge on any atom is 0.341 e. The van der Waals surface area contributed by atoms with Crippen LogP contribution in [-0.2, 0) is 0 Å². The molecule has 5 nitrogen and oxygen atoms in total. The molecule has 2 N–H and O–H groups in total. The molecular weight excluding hydrogens is 258 g/mol. The van der Waals surface area contributed by atoms with E-state index in [9.17, 15) is 4.79 Å². The van der Waals surface area contributed by atoms with Gasteiger partial charge >= 0.3 is 6.03 Å². The average Bonchev–Trinajstić information content (AvgIpc) is 2.71. The Bertz CT molecular complexity index is 494. The number of benzene rings is 1. The predicted molar refractivity (Wildman–Crippen MR) is 68.4 cm³/mol. The van der Waals surface area contributed by atoms with Crippen LogP contribution in [-0.4, -0.2) is 34.2 Å². The number of nitrogens with zero attached hydrogens (tertiary/aromatic N) is 2. The van der Waals surface area contributed by atoms with E-state index in [2.05, 4.69) is 10.3 Å². The summed E-state index contributed by atoms with van der Waals surface area (Å²) in [6.07, 6.45) is 0. The van der Waals surface area contributed by atoms with Gasteiger partial charge in [0.25, 0.3) is 0 Å². The van der Waals surface area contributed by atoms with Crippen LogP contribution < -0.4 is 5.32 Å². The van der Waals surface area contributed by atoms with Gasteiger partial charge in [-0.3, -0.25) is 5.21 Å². The third-order valence-electron chi connectivity index (χ3n) is 1.99. The Hall–Kier alpha value is -1.31. The third-order valence-corrected chi connectivity index (χ3v) is 4.05. The van der Waals surface area contributed by atoms with Gasteiger partial charge in [-0.25, -0.2) is 14.8 Å². The van der Waals surface area contributed by atoms with Gasteiger partial charge in [-0.1, -0.05) is 23.9 Å². The van der Waals surface area contributed by atoms with Gasteiger partial charge in [0.2, 0.25) is 0 Å². The Labute approximate surface area is 106 Å². The van der Waals surface area contributed by atoms with Gasteiger partial charge in [0.15, 0.2) is 4.34 Å². The van der Waals surface area contributed by atoms with Crippen LogP contribution in [0.1, 0.15) is 0 Å². The summed E-state index contributed by atoms with van der Waals surface area (Å²) in [5.74, 6) is 0.379. The average molecular weight is 269 g/mol. The lowest BCUT2D eigenvalue weighted by Crippen LogP contribution is -2.34. The van der Waals surface area contributed by atoms with Gasteiger partial charge in [-0.2, -0.15) is 0 Å². The van der Waals surface area contributed by atoms with E-state index >= 15 is 0 Å². The number of amides is 2. The van der Waals surface area contributed by atoms with Gasteiger partial charge in [0.05, 0.1) is 16.1 Å². The Morgan fingerprint density at radius 1 is 1.59 bits per heavy atom. The van der Waals surface area contributed by atoms with Crippen molar-refractivity contribution in [3.05, 3.63) is 24.3 Å². The lowest BCUT2D eigenvalue weighted by molar-refractivity contribution is -0.0176. The van der Waals surface area contributed by atoms with Crippen molar-refractivity contribution in [1.82, 2.24) is 15.4 Å². The molecule has 0 aliphatic heterocycles. The van der Waals surface area contributed by atoms with Crippen molar-refractivity contribution in [3.63, 3.8) is 0 Å². The number of urea groups is 1. The van der Waals surface area contributed by atoms with Gasteiger partial charge in [-0.05, 0) is 12.1 Å². The molecule has 0 aliphatic carbocycles. The van der Waals surface area contributed by atoms with Crippen LogP contribution in [0.5, 0.6) is 0 Å². The Kier molecular flexibility index (Phi) is 3.82. The van der Waals surface area contributed by atoms with Crippen molar-refractivity contribution in [2.24, 2.45) is 0 Å². The van der Waals surface area contributed by atoms with Crippen LogP contribution in [0, 0.1) is 0 Å². The fraction of sp³-hybridized carbons (Fsp3) is 0.200. The molecule has 90 valence electrons. The molecule has 7 heteroatoms. The van der Waals surface area contributed by atoms with Crippen molar-refractivity contribution < 1.29 is 10.0 Å². The lowest BCUT2D eigenvalue weighted by atomic mass is 10.3. The van der Waals surface area contributed by atoms with Gasteiger partial charge in [-0.15, -0.1) is 11.3 Å². The SMILES string of the molecule is CN(O)C(=O)NCSc1nc2ccccc2s1. The van der Waals surface area contributed by atoms with Crippen molar-refractivity contribution >= 4 is 39.3 Å². The smallest absolute Gasteiger partial charge is 0.327 e. The predicted octanol–water partition coefficient (Wildman–Crippen LogP) is 2.38. The number of hydrogen-bond acceptors (Lipinski definition) is 5. The van der Waals surface area contributed by atoms with E-state index in [0.717, 1.165) is 14.6 Å². The number of rotatable bonds is 3. The highest BCUT2D eigenvalue weighted by atomic mass is 32.2. The summed E-state index contributed by atoms with van der Waals surface area (Å²) in [4.78, 5) is 15.4. The first-order chi connectivity index (χ1) is 8.16. The fourth-order valence-corrected chi connectivity index (χ4v) is 3.05. The monoisotopic (exact) mass is 269 g/mol. The van der Waals surface area contributed by atoms with E-state index in [1.807, 2.05) is 24.3 Å². The van der Waals surface area contributed by atoms with Crippen molar-refractivity contribution in [3.8, 4) is 0 Å². The van der Waals surface area contributed by atoms with Crippen LogP contribution in [0.4, 0.5) is 4.79 Å². The minimum atomic E-state index is -0.529. The van der Waals surface area contributed by atoms with Crippen molar-refractivity contribution in [1.29, 1.82) is 0 Å². The lowest BCUT2D eigenvalue weighted by Gasteiger charge is -2.08. The molecule has 0 saturated carbocycles. The van der Waals surface area contributed by atoms with Crippen molar-refractivity contribution in [2.75, 3.05) is 12.9 Å². The van der Waals surface area contributed by atoms with Gasteiger partial charge in [0, 0.05) is 7.05 Å². The summed E-state index contributed by atoms with van der Waals surface area (Å²) in [7, 11) is 1.28. The highest BCUT2D eigenvalue weighted by Gasteiger charge is 2.06. The van der Waals surface area contributed by atoms with Gasteiger partial charge < -0.3 is 5.32 Å². The minimum Gasteiger partial charge on any atom is -0.327 e. The second-order valence-electron chi connectivity index (χ2n) is 3.24. The molecule has 1 aromatic heterocycles. The maximum atomic E-state index is 11.0. The van der Waals surface area contributed by atoms with E-state index in [0.29, 0.717) is 10.9 Å². The number of thioether (sulfide) groups is 1. The Morgan fingerprint density at radius 2 is 2.35 bits per heavy atom. The molecular formula is C10H11N3O2S2. The van der Waals surface area contributed by atoms with Crippen LogP contribution >= 0.6 is 23.1 Å². The second kappa shape index (κ2) is 5.35. The number of nitrogens with one attached hydrogen (secondary N) is 1. The van der Waals surface area contributed by atoms with Crippen LogP contribution in [0.15, 0.2) is 28.6 Å². The highest BCUT2D eigenvalue weighted by molar-refractivity contribution is 8.01. The number of carbonyl (C=O) groups is 1. The zero-order valence-electron chi connectivity index (χ0n) is 9.08. The Balaban J connectivity index is 1.93. The summed E-state index contributed by atoms with van der Waals surface area (Å²) in [6.45, 7) is 0. The molecule has 17 heavy (non-hydrogen) atoms. The standard InChI is InChI=1S/C10H11N3O2S2/c1-13(15)9(14)11-6-16-10-12-7-4-2-3-5-8(7)17-10/h2-5,15H,6H2,1H3,(H,11,14). The van der Waals surface area contributed by atoms with Gasteiger partial charge in [0.1, 0.15) is 0 Å². The molecule has 0 aliphatic rings. The number of carbonyl (C=O) groups excluding carboxylic acids is 1. The largest absolute Gasteiger partial charge is 0.341 e. The summed E-state index contributed by atoms with van der Waals surface area (Å²) in [6, 6.07) is 7.35. The summed E-state index contributed by atoms with van der Waals surface area (Å²) >= 11 is 3.01. The molecule has 0 unspecified atom stereocenters. The third kappa shape index (κ3) is 3.09. The first-order valence-electron chi connectivity index (χ1n) is 4.85. The molecule has 0 spiro atoms. The molecule has 0 radical (unpaired) electrons. The molecule has 2 amide bonds. The summed E-state index contributed by atoms with van der Waals surface area (Å²) < 4.78 is 2.02. The number of para-hydroxylation sites is 1. The Morgan fingerprint density at radius 3 is 3.06 bits per heavy atom.